The van der Waals surface area contributed by atoms with Crippen LogP contribution in [0.5, 0.6) is 0 Å². The smallest absolute Gasteiger partial charge is 0.308 e. The lowest BCUT2D eigenvalue weighted by molar-refractivity contribution is -0.142. The van der Waals surface area contributed by atoms with Crippen LogP contribution in [0.25, 0.3) is 0 Å². The van der Waals surface area contributed by atoms with Crippen LogP contribution in [-0.2, 0) is 9.53 Å². The molecule has 1 aliphatic heterocycles. The molecule has 0 spiro atoms. The maximum Gasteiger partial charge on any atom is 0.308 e. The molecule has 1 saturated heterocycles. The largest absolute Gasteiger partial charge is 0.481 e. The van der Waals surface area contributed by atoms with Crippen molar-refractivity contribution in [2.75, 3.05) is 26.8 Å². The fourth-order valence-corrected chi connectivity index (χ4v) is 2.16. The Bertz CT molecular complexity index is 220. The second kappa shape index (κ2) is 5.47. The van der Waals surface area contributed by atoms with Crippen molar-refractivity contribution in [2.24, 2.45) is 11.8 Å². The molecule has 0 aliphatic carbocycles. The Hall–Kier alpha value is -0.610. The van der Waals surface area contributed by atoms with Gasteiger partial charge in [-0.2, -0.15) is 0 Å². The van der Waals surface area contributed by atoms with Crippen LogP contribution >= 0.6 is 0 Å². The van der Waals surface area contributed by atoms with Crippen molar-refractivity contribution in [2.45, 2.75) is 26.3 Å². The van der Waals surface area contributed by atoms with Gasteiger partial charge in [0.15, 0.2) is 0 Å². The summed E-state index contributed by atoms with van der Waals surface area (Å²) in [5.74, 6) is -0.605. The molecular formula is C11H21NO3. The second-order valence-corrected chi connectivity index (χ2v) is 4.51. The summed E-state index contributed by atoms with van der Waals surface area (Å²) >= 11 is 0. The van der Waals surface area contributed by atoms with E-state index in [1.165, 1.54) is 0 Å². The highest BCUT2D eigenvalue weighted by molar-refractivity contribution is 5.71. The molecule has 1 aliphatic rings. The van der Waals surface area contributed by atoms with Gasteiger partial charge in [-0.05, 0) is 19.3 Å². The monoisotopic (exact) mass is 215 g/mol. The fraction of sp³-hybridized carbons (Fsp3) is 0.909. The first kappa shape index (κ1) is 12.5. The van der Waals surface area contributed by atoms with Crippen LogP contribution in [0.1, 0.15) is 20.3 Å². The zero-order valence-corrected chi connectivity index (χ0v) is 9.77. The van der Waals surface area contributed by atoms with Crippen molar-refractivity contribution in [1.82, 2.24) is 4.90 Å². The molecule has 1 heterocycles. The number of rotatable bonds is 5. The Morgan fingerprint density at radius 2 is 2.27 bits per heavy atom. The molecule has 0 bridgehead atoms. The molecule has 4 heteroatoms. The molecule has 1 unspecified atom stereocenters. The fourth-order valence-electron chi connectivity index (χ4n) is 2.16. The van der Waals surface area contributed by atoms with Gasteiger partial charge in [0.25, 0.3) is 0 Å². The van der Waals surface area contributed by atoms with Crippen molar-refractivity contribution >= 4 is 5.97 Å². The molecule has 0 aromatic carbocycles. The van der Waals surface area contributed by atoms with Gasteiger partial charge in [0.05, 0.1) is 5.92 Å². The molecule has 1 N–H and O–H groups in total. The van der Waals surface area contributed by atoms with E-state index < -0.39 is 5.97 Å². The molecular weight excluding hydrogens is 194 g/mol. The summed E-state index contributed by atoms with van der Waals surface area (Å²) in [5.41, 5.74) is 0. The number of likely N-dealkylation sites (tertiary alicyclic amines) is 1. The summed E-state index contributed by atoms with van der Waals surface area (Å²) in [6.07, 6.45) is 0.968. The van der Waals surface area contributed by atoms with E-state index >= 15 is 0 Å². The van der Waals surface area contributed by atoms with Gasteiger partial charge in [-0.1, -0.05) is 6.92 Å². The number of carboxylic acids is 1. The molecule has 0 amide bonds. The maximum absolute atomic E-state index is 10.9. The van der Waals surface area contributed by atoms with Crippen molar-refractivity contribution in [1.29, 1.82) is 0 Å². The van der Waals surface area contributed by atoms with Gasteiger partial charge in [0.1, 0.15) is 0 Å². The molecule has 15 heavy (non-hydrogen) atoms. The number of ether oxygens (including phenoxy) is 1. The lowest BCUT2D eigenvalue weighted by Crippen LogP contribution is -2.32. The van der Waals surface area contributed by atoms with Crippen molar-refractivity contribution < 1.29 is 14.6 Å². The highest BCUT2D eigenvalue weighted by Crippen LogP contribution is 2.25. The highest BCUT2D eigenvalue weighted by Gasteiger charge is 2.36. The van der Waals surface area contributed by atoms with E-state index in [2.05, 4.69) is 11.8 Å². The molecule has 0 saturated carbocycles. The third kappa shape index (κ3) is 3.18. The van der Waals surface area contributed by atoms with Crippen LogP contribution in [0.15, 0.2) is 0 Å². The molecule has 0 radical (unpaired) electrons. The summed E-state index contributed by atoms with van der Waals surface area (Å²) in [7, 11) is 1.69. The summed E-state index contributed by atoms with van der Waals surface area (Å²) in [5, 5.41) is 9.01. The molecule has 0 aromatic heterocycles. The predicted molar refractivity (Wildman–Crippen MR) is 57.8 cm³/mol. The lowest BCUT2D eigenvalue weighted by atomic mass is 9.99. The van der Waals surface area contributed by atoms with Crippen molar-refractivity contribution in [3.63, 3.8) is 0 Å². The highest BCUT2D eigenvalue weighted by atomic mass is 16.5. The summed E-state index contributed by atoms with van der Waals surface area (Å²) < 4.78 is 5.03. The SMILES string of the molecule is COCCC(C)N1C[C@@H](C)[C@H](C(=O)O)C1. The summed E-state index contributed by atoms with van der Waals surface area (Å²) in [6, 6.07) is 0.414. The Balaban J connectivity index is 2.43. The van der Waals surface area contributed by atoms with E-state index in [-0.39, 0.29) is 11.8 Å². The maximum atomic E-state index is 10.9. The second-order valence-electron chi connectivity index (χ2n) is 4.51. The number of carboxylic acid groups (broad SMARTS) is 1. The van der Waals surface area contributed by atoms with Crippen molar-refractivity contribution in [3.8, 4) is 0 Å². The Morgan fingerprint density at radius 1 is 1.60 bits per heavy atom. The standard InChI is InChI=1S/C11H21NO3/c1-8-6-12(7-10(8)11(13)14)9(2)4-5-15-3/h8-10H,4-7H2,1-3H3,(H,13,14)/t8-,9?,10-/m1/s1. The summed E-state index contributed by atoms with van der Waals surface area (Å²) in [6.45, 7) is 6.46. The predicted octanol–water partition coefficient (Wildman–Crippen LogP) is 1.06. The van der Waals surface area contributed by atoms with Gasteiger partial charge < -0.3 is 9.84 Å². The first-order valence-electron chi connectivity index (χ1n) is 5.52. The minimum atomic E-state index is -0.663. The van der Waals surface area contributed by atoms with Crippen LogP contribution < -0.4 is 0 Å². The minimum absolute atomic E-state index is 0.199. The number of aliphatic carboxylic acids is 1. The van der Waals surface area contributed by atoms with E-state index in [1.54, 1.807) is 7.11 Å². The van der Waals surface area contributed by atoms with E-state index in [0.717, 1.165) is 19.6 Å². The normalized spacial score (nSPS) is 29.3. The van der Waals surface area contributed by atoms with Gasteiger partial charge in [0.2, 0.25) is 0 Å². The Morgan fingerprint density at radius 3 is 2.73 bits per heavy atom. The molecule has 3 atom stereocenters. The molecule has 1 rings (SSSR count). The molecule has 4 nitrogen and oxygen atoms in total. The van der Waals surface area contributed by atoms with Crippen LogP contribution in [0.4, 0.5) is 0 Å². The quantitative estimate of drug-likeness (QED) is 0.745. The van der Waals surface area contributed by atoms with E-state index in [1.807, 2.05) is 6.92 Å². The van der Waals surface area contributed by atoms with Gasteiger partial charge in [-0.15, -0.1) is 0 Å². The van der Waals surface area contributed by atoms with Crippen LogP contribution in [0.3, 0.4) is 0 Å². The molecule has 0 aromatic rings. The van der Waals surface area contributed by atoms with E-state index in [9.17, 15) is 4.79 Å². The van der Waals surface area contributed by atoms with Crippen LogP contribution in [-0.4, -0.2) is 48.8 Å². The zero-order chi connectivity index (χ0) is 11.4. The summed E-state index contributed by atoms with van der Waals surface area (Å²) in [4.78, 5) is 13.2. The third-order valence-corrected chi connectivity index (χ3v) is 3.32. The van der Waals surface area contributed by atoms with Gasteiger partial charge in [0, 0.05) is 32.8 Å². The van der Waals surface area contributed by atoms with E-state index in [0.29, 0.717) is 12.6 Å². The Kier molecular flexibility index (Phi) is 4.54. The number of methoxy groups -OCH3 is 1. The molecule has 88 valence electrons. The number of carbonyl (C=O) groups is 1. The van der Waals surface area contributed by atoms with E-state index in [4.69, 9.17) is 9.84 Å². The third-order valence-electron chi connectivity index (χ3n) is 3.32. The number of hydrogen-bond acceptors (Lipinski definition) is 3. The first-order valence-corrected chi connectivity index (χ1v) is 5.52. The average molecular weight is 215 g/mol. The van der Waals surface area contributed by atoms with Gasteiger partial charge in [-0.25, -0.2) is 0 Å². The minimum Gasteiger partial charge on any atom is -0.481 e. The zero-order valence-electron chi connectivity index (χ0n) is 9.77. The van der Waals surface area contributed by atoms with Crippen LogP contribution in [0.2, 0.25) is 0 Å². The average Bonchev–Trinajstić information content (AvgIpc) is 2.56. The lowest BCUT2D eigenvalue weighted by Gasteiger charge is -2.23. The van der Waals surface area contributed by atoms with Gasteiger partial charge >= 0.3 is 5.97 Å². The molecule has 1 fully saturated rings. The van der Waals surface area contributed by atoms with Crippen LogP contribution in [0, 0.1) is 11.8 Å². The Labute approximate surface area is 91.2 Å². The van der Waals surface area contributed by atoms with Gasteiger partial charge in [-0.3, -0.25) is 9.69 Å². The topological polar surface area (TPSA) is 49.8 Å². The number of nitrogens with zero attached hydrogens (tertiary/aromatic N) is 1. The number of hydrogen-bond donors (Lipinski definition) is 1. The van der Waals surface area contributed by atoms with Crippen molar-refractivity contribution in [3.05, 3.63) is 0 Å². The first-order chi connectivity index (χ1) is 7.06.